The van der Waals surface area contributed by atoms with Gasteiger partial charge in [0.05, 0.1) is 21.2 Å². The van der Waals surface area contributed by atoms with Crippen LogP contribution in [0.2, 0.25) is 0 Å². The lowest BCUT2D eigenvalue weighted by Gasteiger charge is -2.15. The maximum atomic E-state index is 12.5. The fraction of sp³-hybridized carbons (Fsp3) is 0.455. The summed E-state index contributed by atoms with van der Waals surface area (Å²) >= 11 is 0. The molecule has 1 aliphatic rings. The van der Waals surface area contributed by atoms with Gasteiger partial charge in [-0.15, -0.1) is 0 Å². The van der Waals surface area contributed by atoms with Crippen LogP contribution in [0.25, 0.3) is 0 Å². The third kappa shape index (κ3) is 6.95. The fourth-order valence-corrected chi connectivity index (χ4v) is 5.28. The van der Waals surface area contributed by atoms with E-state index in [1.165, 1.54) is 70.5 Å². The van der Waals surface area contributed by atoms with E-state index in [4.69, 9.17) is 0 Å². The molecule has 1 saturated carbocycles. The smallest absolute Gasteiger partial charge is 0.261 e. The third-order valence-electron chi connectivity index (χ3n) is 5.25. The highest BCUT2D eigenvalue weighted by molar-refractivity contribution is 7.92. The van der Waals surface area contributed by atoms with Crippen LogP contribution in [0.5, 0.6) is 0 Å². The van der Waals surface area contributed by atoms with Crippen LogP contribution in [0.3, 0.4) is 0 Å². The molecule has 7 nitrogen and oxygen atoms in total. The van der Waals surface area contributed by atoms with Crippen LogP contribution in [0.4, 0.5) is 11.4 Å². The van der Waals surface area contributed by atoms with E-state index in [0.29, 0.717) is 11.4 Å². The van der Waals surface area contributed by atoms with E-state index >= 15 is 0 Å². The van der Waals surface area contributed by atoms with Gasteiger partial charge in [-0.2, -0.15) is 0 Å². The van der Waals surface area contributed by atoms with Gasteiger partial charge in [0.25, 0.3) is 10.0 Å². The molecule has 2 aromatic rings. The summed E-state index contributed by atoms with van der Waals surface area (Å²) in [5, 5.41) is 2.90. The molecule has 0 heterocycles. The molecule has 172 valence electrons. The van der Waals surface area contributed by atoms with E-state index in [2.05, 4.69) is 17.0 Å². The topological polar surface area (TPSA) is 95.6 Å². The monoisotopic (exact) mass is 467 g/mol. The van der Waals surface area contributed by atoms with Crippen molar-refractivity contribution in [2.24, 2.45) is 5.92 Å². The number of hydrogen-bond donors (Lipinski definition) is 2. The Bertz CT molecular complexity index is 1040. The number of nitrogens with zero attached hydrogens (tertiary/aromatic N) is 1. The summed E-state index contributed by atoms with van der Waals surface area (Å²) in [5.74, 6) is 1.04. The predicted octanol–water partition coefficient (Wildman–Crippen LogP) is 4.37. The molecular formula is C22H33N3O4S2. The zero-order valence-corrected chi connectivity index (χ0v) is 20.3. The summed E-state index contributed by atoms with van der Waals surface area (Å²) in [6, 6.07) is 11.9. The highest BCUT2D eigenvalue weighted by Crippen LogP contribution is 2.25. The Balaban J connectivity index is 0.000000412. The SMILES string of the molecule is CC1CCCCC1.CNc1ccccc1NS(=O)(=O)c1ccc(S(=O)(=O)N(C)C)cc1. The highest BCUT2D eigenvalue weighted by atomic mass is 32.2. The maximum Gasteiger partial charge on any atom is 0.261 e. The second-order valence-electron chi connectivity index (χ2n) is 7.90. The molecule has 1 fully saturated rings. The molecule has 0 aromatic heterocycles. The summed E-state index contributed by atoms with van der Waals surface area (Å²) in [4.78, 5) is 0.00758. The Morgan fingerprint density at radius 2 is 1.32 bits per heavy atom. The number of anilines is 2. The van der Waals surface area contributed by atoms with Gasteiger partial charge in [0.1, 0.15) is 0 Å². The molecule has 0 unspecified atom stereocenters. The molecule has 0 atom stereocenters. The van der Waals surface area contributed by atoms with Crippen molar-refractivity contribution >= 4 is 31.4 Å². The minimum atomic E-state index is -3.83. The Morgan fingerprint density at radius 3 is 1.77 bits per heavy atom. The molecule has 2 N–H and O–H groups in total. The third-order valence-corrected chi connectivity index (χ3v) is 8.46. The lowest BCUT2D eigenvalue weighted by molar-refractivity contribution is 0.385. The molecule has 0 amide bonds. The average molecular weight is 468 g/mol. The van der Waals surface area contributed by atoms with Crippen molar-refractivity contribution in [3.63, 3.8) is 0 Å². The van der Waals surface area contributed by atoms with Gasteiger partial charge in [0.2, 0.25) is 10.0 Å². The van der Waals surface area contributed by atoms with Gasteiger partial charge in [-0.25, -0.2) is 21.1 Å². The number of para-hydroxylation sites is 2. The van der Waals surface area contributed by atoms with Crippen molar-refractivity contribution < 1.29 is 16.8 Å². The van der Waals surface area contributed by atoms with Gasteiger partial charge >= 0.3 is 0 Å². The first-order valence-electron chi connectivity index (χ1n) is 10.4. The van der Waals surface area contributed by atoms with Crippen LogP contribution < -0.4 is 10.0 Å². The summed E-state index contributed by atoms with van der Waals surface area (Å²) in [6.07, 6.45) is 7.44. The number of nitrogens with one attached hydrogen (secondary N) is 2. The predicted molar refractivity (Wildman–Crippen MR) is 126 cm³/mol. The second kappa shape index (κ2) is 11.0. The average Bonchev–Trinajstić information content (AvgIpc) is 2.75. The van der Waals surface area contributed by atoms with Gasteiger partial charge in [0, 0.05) is 21.1 Å². The lowest BCUT2D eigenvalue weighted by Crippen LogP contribution is -2.22. The van der Waals surface area contributed by atoms with Gasteiger partial charge in [-0.3, -0.25) is 4.72 Å². The first-order chi connectivity index (χ1) is 14.6. The summed E-state index contributed by atoms with van der Waals surface area (Å²) in [6.45, 7) is 2.36. The summed E-state index contributed by atoms with van der Waals surface area (Å²) in [5.41, 5.74) is 1.04. The van der Waals surface area contributed by atoms with Gasteiger partial charge < -0.3 is 5.32 Å². The standard InChI is InChI=1S/C15H19N3O4S2.C7H14/c1-16-14-6-4-5-7-15(14)17-23(19,20)12-8-10-13(11-9-12)24(21,22)18(2)3;1-7-5-3-2-4-6-7/h4-11,16-17H,1-3H3;7H,2-6H2,1H3. The minimum Gasteiger partial charge on any atom is -0.386 e. The molecular weight excluding hydrogens is 434 g/mol. The largest absolute Gasteiger partial charge is 0.386 e. The second-order valence-corrected chi connectivity index (χ2v) is 11.7. The van der Waals surface area contributed by atoms with Crippen molar-refractivity contribution in [3.05, 3.63) is 48.5 Å². The molecule has 0 radical (unpaired) electrons. The molecule has 3 rings (SSSR count). The van der Waals surface area contributed by atoms with E-state index in [1.807, 2.05) is 0 Å². The van der Waals surface area contributed by atoms with E-state index in [1.54, 1.807) is 31.3 Å². The number of sulfonamides is 2. The highest BCUT2D eigenvalue weighted by Gasteiger charge is 2.20. The van der Waals surface area contributed by atoms with E-state index in [-0.39, 0.29) is 9.79 Å². The number of rotatable bonds is 6. The fourth-order valence-electron chi connectivity index (χ4n) is 3.30. The van der Waals surface area contributed by atoms with Crippen molar-refractivity contribution in [1.82, 2.24) is 4.31 Å². The molecule has 0 spiro atoms. The summed E-state index contributed by atoms with van der Waals surface area (Å²) in [7, 11) is -2.91. The Labute approximate surface area is 187 Å². The molecule has 1 aliphatic carbocycles. The van der Waals surface area contributed by atoms with Crippen molar-refractivity contribution in [3.8, 4) is 0 Å². The first-order valence-corrected chi connectivity index (χ1v) is 13.3. The molecule has 2 aromatic carbocycles. The molecule has 31 heavy (non-hydrogen) atoms. The Morgan fingerprint density at radius 1 is 0.806 bits per heavy atom. The van der Waals surface area contributed by atoms with Gasteiger partial charge in [-0.05, 0) is 42.3 Å². The van der Waals surface area contributed by atoms with Crippen LogP contribution in [0.1, 0.15) is 39.0 Å². The van der Waals surface area contributed by atoms with E-state index in [9.17, 15) is 16.8 Å². The van der Waals surface area contributed by atoms with Crippen molar-refractivity contribution in [1.29, 1.82) is 0 Å². The molecule has 0 aliphatic heterocycles. The quantitative estimate of drug-likeness (QED) is 0.658. The number of benzene rings is 2. The van der Waals surface area contributed by atoms with Gasteiger partial charge in [0.15, 0.2) is 0 Å². The summed E-state index contributed by atoms with van der Waals surface area (Å²) < 4.78 is 52.5. The van der Waals surface area contributed by atoms with Crippen LogP contribution in [-0.4, -0.2) is 42.3 Å². The van der Waals surface area contributed by atoms with E-state index < -0.39 is 20.0 Å². The molecule has 0 bridgehead atoms. The normalized spacial score (nSPS) is 15.1. The van der Waals surface area contributed by atoms with Crippen molar-refractivity contribution in [2.45, 2.75) is 48.8 Å². The molecule has 9 heteroatoms. The zero-order valence-electron chi connectivity index (χ0n) is 18.6. The Hall–Kier alpha value is -2.10. The van der Waals surface area contributed by atoms with E-state index in [0.717, 1.165) is 10.2 Å². The first kappa shape index (κ1) is 25.2. The number of hydrogen-bond acceptors (Lipinski definition) is 5. The van der Waals surface area contributed by atoms with Crippen LogP contribution >= 0.6 is 0 Å². The lowest BCUT2D eigenvalue weighted by atomic mass is 9.91. The maximum absolute atomic E-state index is 12.5. The molecule has 0 saturated heterocycles. The van der Waals surface area contributed by atoms with Gasteiger partial charge in [-0.1, -0.05) is 51.2 Å². The van der Waals surface area contributed by atoms with Crippen molar-refractivity contribution in [2.75, 3.05) is 31.2 Å². The van der Waals surface area contributed by atoms with Crippen LogP contribution in [0, 0.1) is 5.92 Å². The zero-order chi connectivity index (χ0) is 23.1. The van der Waals surface area contributed by atoms with Crippen LogP contribution in [-0.2, 0) is 20.0 Å². The van der Waals surface area contributed by atoms with Crippen LogP contribution in [0.15, 0.2) is 58.3 Å². The minimum absolute atomic E-state index is 0.0221. The Kier molecular flexibility index (Phi) is 8.90.